The fourth-order valence-electron chi connectivity index (χ4n) is 4.08. The minimum absolute atomic E-state index is 0.121. The molecular formula is C26H23N3O. The maximum atomic E-state index is 10.9. The number of hydrogen-bond donors (Lipinski definition) is 1. The number of hydrogen-bond acceptors (Lipinski definition) is 4. The van der Waals surface area contributed by atoms with E-state index < -0.39 is 0 Å². The molecule has 1 atom stereocenters. The van der Waals surface area contributed by atoms with Gasteiger partial charge in [-0.15, -0.1) is 0 Å². The molecule has 1 unspecified atom stereocenters. The quantitative estimate of drug-likeness (QED) is 0.500. The molecule has 1 aliphatic heterocycles. The average molecular weight is 393 g/mol. The van der Waals surface area contributed by atoms with E-state index in [0.717, 1.165) is 34.3 Å². The molecular weight excluding hydrogens is 370 g/mol. The standard InChI is InChI=1S/C26H23N3O/c1-18-9-11-19(12-10-18)24-17-23(29(28-24)22-7-3-2-4-8-22)16-21-14-13-20-6-5-15-27-25(20)26(21)30/h2-15,23,30H,16-17H2,1H3. The first-order valence-electron chi connectivity index (χ1n) is 10.2. The number of aromatic hydroxyl groups is 1. The Morgan fingerprint density at radius 3 is 2.53 bits per heavy atom. The second-order valence-electron chi connectivity index (χ2n) is 7.80. The van der Waals surface area contributed by atoms with Gasteiger partial charge in [0.1, 0.15) is 11.3 Å². The summed E-state index contributed by atoms with van der Waals surface area (Å²) in [5.41, 5.74) is 6.06. The Hall–Kier alpha value is -3.66. The van der Waals surface area contributed by atoms with Crippen LogP contribution in [0.25, 0.3) is 10.9 Å². The van der Waals surface area contributed by atoms with Crippen LogP contribution in [0.5, 0.6) is 5.75 Å². The van der Waals surface area contributed by atoms with Crippen molar-refractivity contribution in [3.63, 3.8) is 0 Å². The third-order valence-electron chi connectivity index (χ3n) is 5.70. The zero-order valence-corrected chi connectivity index (χ0v) is 16.9. The van der Waals surface area contributed by atoms with Crippen LogP contribution in [0.4, 0.5) is 5.69 Å². The number of phenols is 1. The molecule has 148 valence electrons. The van der Waals surface area contributed by atoms with Crippen LogP contribution < -0.4 is 5.01 Å². The molecule has 4 heteroatoms. The summed E-state index contributed by atoms with van der Waals surface area (Å²) in [6, 6.07) is 26.8. The normalized spacial score (nSPS) is 16.1. The highest BCUT2D eigenvalue weighted by molar-refractivity contribution is 6.03. The van der Waals surface area contributed by atoms with E-state index in [4.69, 9.17) is 5.10 Å². The third kappa shape index (κ3) is 3.41. The van der Waals surface area contributed by atoms with Gasteiger partial charge in [-0.05, 0) is 42.7 Å². The predicted octanol–water partition coefficient (Wildman–Crippen LogP) is 5.47. The minimum Gasteiger partial charge on any atom is -0.505 e. The van der Waals surface area contributed by atoms with Crippen molar-refractivity contribution in [1.29, 1.82) is 0 Å². The molecule has 3 aromatic carbocycles. The molecule has 0 spiro atoms. The van der Waals surface area contributed by atoms with E-state index in [2.05, 4.69) is 53.3 Å². The summed E-state index contributed by atoms with van der Waals surface area (Å²) in [7, 11) is 0. The highest BCUT2D eigenvalue weighted by atomic mass is 16.3. The fourth-order valence-corrected chi connectivity index (χ4v) is 4.08. The summed E-state index contributed by atoms with van der Waals surface area (Å²) < 4.78 is 0. The smallest absolute Gasteiger partial charge is 0.145 e. The van der Waals surface area contributed by atoms with Crippen LogP contribution in [0.3, 0.4) is 0 Å². The highest BCUT2D eigenvalue weighted by Gasteiger charge is 2.29. The van der Waals surface area contributed by atoms with Crippen LogP contribution in [0, 0.1) is 6.92 Å². The molecule has 4 aromatic rings. The van der Waals surface area contributed by atoms with Gasteiger partial charge in [-0.1, -0.05) is 66.2 Å². The first kappa shape index (κ1) is 18.4. The molecule has 1 aromatic heterocycles. The molecule has 2 heterocycles. The number of aryl methyl sites for hydroxylation is 1. The van der Waals surface area contributed by atoms with Crippen LogP contribution >= 0.6 is 0 Å². The van der Waals surface area contributed by atoms with Gasteiger partial charge in [0.2, 0.25) is 0 Å². The number of fused-ring (bicyclic) bond motifs is 1. The summed E-state index contributed by atoms with van der Waals surface area (Å²) in [5, 5.41) is 18.9. The minimum atomic E-state index is 0.121. The van der Waals surface area contributed by atoms with Crippen molar-refractivity contribution in [2.24, 2.45) is 5.10 Å². The zero-order valence-electron chi connectivity index (χ0n) is 16.9. The van der Waals surface area contributed by atoms with Crippen molar-refractivity contribution in [3.05, 3.63) is 102 Å². The van der Waals surface area contributed by atoms with Gasteiger partial charge >= 0.3 is 0 Å². The summed E-state index contributed by atoms with van der Waals surface area (Å²) in [6.45, 7) is 2.09. The van der Waals surface area contributed by atoms with Gasteiger partial charge in [-0.25, -0.2) is 0 Å². The maximum absolute atomic E-state index is 10.9. The highest BCUT2D eigenvalue weighted by Crippen LogP contribution is 2.33. The summed E-state index contributed by atoms with van der Waals surface area (Å²) in [5.74, 6) is 0.268. The second kappa shape index (κ2) is 7.64. The van der Waals surface area contributed by atoms with Crippen molar-refractivity contribution < 1.29 is 5.11 Å². The van der Waals surface area contributed by atoms with Gasteiger partial charge in [0.15, 0.2) is 0 Å². The number of anilines is 1. The van der Waals surface area contributed by atoms with E-state index in [9.17, 15) is 5.11 Å². The molecule has 0 fully saturated rings. The van der Waals surface area contributed by atoms with Crippen LogP contribution in [-0.4, -0.2) is 21.8 Å². The third-order valence-corrected chi connectivity index (χ3v) is 5.70. The summed E-state index contributed by atoms with van der Waals surface area (Å²) in [4.78, 5) is 4.37. The molecule has 0 saturated carbocycles. The molecule has 0 amide bonds. The van der Waals surface area contributed by atoms with Crippen molar-refractivity contribution in [2.75, 3.05) is 5.01 Å². The zero-order chi connectivity index (χ0) is 20.5. The van der Waals surface area contributed by atoms with Crippen LogP contribution in [0.2, 0.25) is 0 Å². The van der Waals surface area contributed by atoms with E-state index in [1.165, 1.54) is 5.56 Å². The molecule has 1 N–H and O–H groups in total. The number of hydrazone groups is 1. The van der Waals surface area contributed by atoms with Gasteiger partial charge in [-0.3, -0.25) is 9.99 Å². The van der Waals surface area contributed by atoms with Crippen molar-refractivity contribution in [3.8, 4) is 5.75 Å². The van der Waals surface area contributed by atoms with Gasteiger partial charge in [0.05, 0.1) is 17.4 Å². The van der Waals surface area contributed by atoms with Crippen LogP contribution in [0.1, 0.15) is 23.1 Å². The Balaban J connectivity index is 1.50. The van der Waals surface area contributed by atoms with Crippen molar-refractivity contribution in [2.45, 2.75) is 25.8 Å². The number of pyridine rings is 1. The van der Waals surface area contributed by atoms with Crippen molar-refractivity contribution >= 4 is 22.3 Å². The van der Waals surface area contributed by atoms with E-state index >= 15 is 0 Å². The van der Waals surface area contributed by atoms with Gasteiger partial charge in [-0.2, -0.15) is 5.10 Å². The molecule has 5 rings (SSSR count). The largest absolute Gasteiger partial charge is 0.505 e. The monoisotopic (exact) mass is 393 g/mol. The Kier molecular flexibility index (Phi) is 4.68. The molecule has 4 nitrogen and oxygen atoms in total. The Morgan fingerprint density at radius 1 is 0.933 bits per heavy atom. The SMILES string of the molecule is Cc1ccc(C2=NN(c3ccccc3)C(Cc3ccc4cccnc4c3O)C2)cc1. The fraction of sp³-hybridized carbons (Fsp3) is 0.154. The van der Waals surface area contributed by atoms with E-state index in [1.807, 2.05) is 42.5 Å². The number of para-hydroxylation sites is 1. The Bertz CT molecular complexity index is 1220. The summed E-state index contributed by atoms with van der Waals surface area (Å²) in [6.07, 6.45) is 3.22. The van der Waals surface area contributed by atoms with Crippen molar-refractivity contribution in [1.82, 2.24) is 4.98 Å². The predicted molar refractivity (Wildman–Crippen MR) is 122 cm³/mol. The first-order chi connectivity index (χ1) is 14.7. The summed E-state index contributed by atoms with van der Waals surface area (Å²) >= 11 is 0. The molecule has 0 saturated heterocycles. The number of nitrogens with zero attached hydrogens (tertiary/aromatic N) is 3. The lowest BCUT2D eigenvalue weighted by Gasteiger charge is -2.24. The Morgan fingerprint density at radius 2 is 1.73 bits per heavy atom. The molecule has 1 aliphatic rings. The molecule has 0 aliphatic carbocycles. The lowest BCUT2D eigenvalue weighted by Crippen LogP contribution is -2.28. The number of phenolic OH excluding ortho intramolecular Hbond substituents is 1. The van der Waals surface area contributed by atoms with E-state index in [1.54, 1.807) is 6.20 Å². The number of aromatic nitrogens is 1. The van der Waals surface area contributed by atoms with Crippen LogP contribution in [0.15, 0.2) is 90.2 Å². The number of benzene rings is 3. The maximum Gasteiger partial charge on any atom is 0.145 e. The number of rotatable bonds is 4. The lowest BCUT2D eigenvalue weighted by atomic mass is 9.96. The van der Waals surface area contributed by atoms with Gasteiger partial charge in [0.25, 0.3) is 0 Å². The molecule has 0 bridgehead atoms. The van der Waals surface area contributed by atoms with Crippen LogP contribution in [-0.2, 0) is 6.42 Å². The van der Waals surface area contributed by atoms with E-state index in [0.29, 0.717) is 11.9 Å². The second-order valence-corrected chi connectivity index (χ2v) is 7.80. The lowest BCUT2D eigenvalue weighted by molar-refractivity contribution is 0.469. The molecule has 30 heavy (non-hydrogen) atoms. The van der Waals surface area contributed by atoms with Gasteiger partial charge < -0.3 is 5.11 Å². The van der Waals surface area contributed by atoms with E-state index in [-0.39, 0.29) is 11.8 Å². The van der Waals surface area contributed by atoms with Gasteiger partial charge in [0, 0.05) is 18.0 Å². The Labute approximate surface area is 176 Å². The average Bonchev–Trinajstić information content (AvgIpc) is 3.21. The topological polar surface area (TPSA) is 48.7 Å². The first-order valence-corrected chi connectivity index (χ1v) is 10.2. The molecule has 0 radical (unpaired) electrons.